The van der Waals surface area contributed by atoms with E-state index < -0.39 is 30.5 Å². The molecule has 1 N–H and O–H groups in total. The fourth-order valence-electron chi connectivity index (χ4n) is 4.01. The van der Waals surface area contributed by atoms with Crippen LogP contribution in [-0.4, -0.2) is 25.1 Å². The van der Waals surface area contributed by atoms with Gasteiger partial charge in [0.2, 0.25) is 0 Å². The van der Waals surface area contributed by atoms with Crippen LogP contribution in [0.1, 0.15) is 22.3 Å². The zero-order chi connectivity index (χ0) is 29.1. The smallest absolute Gasteiger partial charge is 0.492 e. The van der Waals surface area contributed by atoms with Crippen LogP contribution in [0.4, 0.5) is 17.7 Å². The second kappa shape index (κ2) is 16.5. The average molecular weight is 601 g/mol. The van der Waals surface area contributed by atoms with Gasteiger partial charge in [-0.3, -0.25) is 0 Å². The molecule has 1 atom stereocenters. The van der Waals surface area contributed by atoms with Gasteiger partial charge in [-0.2, -0.15) is 0 Å². The van der Waals surface area contributed by atoms with E-state index in [0.29, 0.717) is 5.56 Å². The maximum Gasteiger partial charge on any atom is 1.00 e. The Labute approximate surface area is 285 Å². The Hall–Kier alpha value is -3.09. The minimum atomic E-state index is -5.44. The molecule has 212 valence electrons. The van der Waals surface area contributed by atoms with E-state index in [2.05, 4.69) is 5.32 Å². The number of alkyl carbamates (subject to hydrolysis) is 1. The van der Waals surface area contributed by atoms with Crippen molar-refractivity contribution in [3.05, 3.63) is 131 Å². The second-order valence-corrected chi connectivity index (χ2v) is 9.28. The Morgan fingerprint density at radius 2 is 1.17 bits per heavy atom. The van der Waals surface area contributed by atoms with Crippen molar-refractivity contribution in [1.82, 2.24) is 5.32 Å². The van der Waals surface area contributed by atoms with Crippen molar-refractivity contribution in [2.24, 2.45) is 0 Å². The SMILES string of the molecule is O=C(N[C@@H](Cc1ccc(OCc2ccccc2)c([B-](F)(F)F)c1)C(=O)OCc1ccccc1)OCc1ccccc1.[K+]. The van der Waals surface area contributed by atoms with E-state index in [1.54, 1.807) is 78.9 Å². The maximum absolute atomic E-state index is 14.0. The number of rotatable bonds is 12. The quantitative estimate of drug-likeness (QED) is 0.200. The third-order valence-electron chi connectivity index (χ3n) is 6.12. The molecule has 0 saturated carbocycles. The molecule has 0 radical (unpaired) electrons. The Kier molecular flexibility index (Phi) is 13.1. The van der Waals surface area contributed by atoms with Gasteiger partial charge in [-0.15, -0.1) is 0 Å². The summed E-state index contributed by atoms with van der Waals surface area (Å²) in [6.45, 7) is -5.59. The number of hydrogen-bond acceptors (Lipinski definition) is 5. The van der Waals surface area contributed by atoms with Crippen molar-refractivity contribution < 1.29 is 88.1 Å². The van der Waals surface area contributed by atoms with Crippen LogP contribution in [0.25, 0.3) is 0 Å². The van der Waals surface area contributed by atoms with Crippen molar-refractivity contribution in [3.8, 4) is 5.75 Å². The van der Waals surface area contributed by atoms with E-state index in [0.717, 1.165) is 17.2 Å². The summed E-state index contributed by atoms with van der Waals surface area (Å²) in [4.78, 5) is 25.6. The van der Waals surface area contributed by atoms with Crippen LogP contribution >= 0.6 is 0 Å². The number of esters is 1. The van der Waals surface area contributed by atoms with Gasteiger partial charge in [0, 0.05) is 6.42 Å². The molecule has 1 amide bonds. The molecule has 0 aliphatic carbocycles. The van der Waals surface area contributed by atoms with E-state index in [4.69, 9.17) is 14.2 Å². The minimum absolute atomic E-state index is 0. The molecular formula is C31H28BF3KNO5. The van der Waals surface area contributed by atoms with Gasteiger partial charge in [-0.05, 0) is 28.3 Å². The largest absolute Gasteiger partial charge is 1.00 e. The topological polar surface area (TPSA) is 73.9 Å². The molecular weight excluding hydrogens is 573 g/mol. The molecule has 0 bridgehead atoms. The zero-order valence-corrected chi connectivity index (χ0v) is 26.2. The van der Waals surface area contributed by atoms with Crippen LogP contribution in [0, 0.1) is 0 Å². The Bertz CT molecular complexity index is 1430. The van der Waals surface area contributed by atoms with Gasteiger partial charge >= 0.3 is 70.4 Å². The molecule has 42 heavy (non-hydrogen) atoms. The van der Waals surface area contributed by atoms with Gasteiger partial charge in [0.15, 0.2) is 0 Å². The van der Waals surface area contributed by atoms with Crippen LogP contribution < -0.4 is 66.9 Å². The number of nitrogens with one attached hydrogen (secondary N) is 1. The Morgan fingerprint density at radius 1 is 0.667 bits per heavy atom. The summed E-state index contributed by atoms with van der Waals surface area (Å²) in [5, 5.41) is 2.45. The van der Waals surface area contributed by atoms with Crippen molar-refractivity contribution in [2.45, 2.75) is 32.3 Å². The van der Waals surface area contributed by atoms with E-state index in [1.165, 1.54) is 12.1 Å². The number of benzene rings is 4. The van der Waals surface area contributed by atoms with Crippen molar-refractivity contribution in [2.75, 3.05) is 0 Å². The number of hydrogen-bond donors (Lipinski definition) is 1. The summed E-state index contributed by atoms with van der Waals surface area (Å²) >= 11 is 0. The van der Waals surface area contributed by atoms with Gasteiger partial charge in [-0.25, -0.2) is 9.59 Å². The van der Waals surface area contributed by atoms with Gasteiger partial charge in [-0.1, -0.05) is 109 Å². The summed E-state index contributed by atoms with van der Waals surface area (Å²) in [6, 6.07) is 28.9. The molecule has 4 rings (SSSR count). The number of ether oxygens (including phenoxy) is 3. The van der Waals surface area contributed by atoms with Crippen molar-refractivity contribution in [1.29, 1.82) is 0 Å². The predicted molar refractivity (Wildman–Crippen MR) is 149 cm³/mol. The first kappa shape index (κ1) is 33.4. The standard InChI is InChI=1S/C31H28BF3NO5.K/c33-32(34,35)27-18-26(16-17-29(27)39-20-23-10-4-1-5-11-23)19-28(30(37)40-21-24-12-6-2-7-13-24)36-31(38)41-22-25-14-8-3-9-15-25;/h1-18,28H,19-22H2,(H,36,38);/q-1;+1/t28-;/m0./s1. The first-order chi connectivity index (χ1) is 19.8. The van der Waals surface area contributed by atoms with Gasteiger partial charge in [0.05, 0.1) is 5.75 Å². The van der Waals surface area contributed by atoms with Gasteiger partial charge < -0.3 is 32.5 Å². The van der Waals surface area contributed by atoms with Gasteiger partial charge in [0.1, 0.15) is 25.9 Å². The molecule has 0 saturated heterocycles. The minimum Gasteiger partial charge on any atom is -0.492 e. The van der Waals surface area contributed by atoms with E-state index in [9.17, 15) is 22.5 Å². The monoisotopic (exact) mass is 601 g/mol. The number of carbonyl (C=O) groups excluding carboxylic acids is 2. The van der Waals surface area contributed by atoms with Crippen LogP contribution in [0.5, 0.6) is 5.75 Å². The number of amides is 1. The maximum atomic E-state index is 14.0. The summed E-state index contributed by atoms with van der Waals surface area (Å²) in [7, 11) is 0. The second-order valence-electron chi connectivity index (χ2n) is 9.28. The van der Waals surface area contributed by atoms with E-state index in [1.807, 2.05) is 12.1 Å². The Morgan fingerprint density at radius 3 is 1.69 bits per heavy atom. The first-order valence-corrected chi connectivity index (χ1v) is 12.9. The van der Waals surface area contributed by atoms with Crippen LogP contribution in [-0.2, 0) is 40.5 Å². The fourth-order valence-corrected chi connectivity index (χ4v) is 4.01. The first-order valence-electron chi connectivity index (χ1n) is 12.9. The molecule has 0 aliphatic rings. The number of carbonyl (C=O) groups is 2. The summed E-state index contributed by atoms with van der Waals surface area (Å²) in [6.07, 6.45) is -1.16. The van der Waals surface area contributed by atoms with E-state index in [-0.39, 0.29) is 88.9 Å². The Balaban J connectivity index is 0.00000484. The third-order valence-corrected chi connectivity index (χ3v) is 6.12. The molecule has 0 aromatic heterocycles. The molecule has 4 aromatic carbocycles. The van der Waals surface area contributed by atoms with Crippen molar-refractivity contribution >= 4 is 24.5 Å². The third kappa shape index (κ3) is 10.6. The summed E-state index contributed by atoms with van der Waals surface area (Å²) < 4.78 is 58.2. The molecule has 0 spiro atoms. The molecule has 4 aromatic rings. The predicted octanol–water partition coefficient (Wildman–Crippen LogP) is 2.90. The molecule has 0 fully saturated rings. The molecule has 6 nitrogen and oxygen atoms in total. The number of halogens is 3. The molecule has 0 aliphatic heterocycles. The molecule has 11 heteroatoms. The van der Waals surface area contributed by atoms with Crippen LogP contribution in [0.3, 0.4) is 0 Å². The van der Waals surface area contributed by atoms with E-state index >= 15 is 0 Å². The molecule has 0 unspecified atom stereocenters. The average Bonchev–Trinajstić information content (AvgIpc) is 2.99. The molecule has 0 heterocycles. The normalized spacial score (nSPS) is 11.5. The summed E-state index contributed by atoms with van der Waals surface area (Å²) in [5.74, 6) is -1.13. The van der Waals surface area contributed by atoms with Crippen LogP contribution in [0.2, 0.25) is 0 Å². The zero-order valence-electron chi connectivity index (χ0n) is 23.1. The van der Waals surface area contributed by atoms with Crippen molar-refractivity contribution in [3.63, 3.8) is 0 Å². The van der Waals surface area contributed by atoms with Crippen LogP contribution in [0.15, 0.2) is 109 Å². The van der Waals surface area contributed by atoms with Gasteiger partial charge in [0.25, 0.3) is 0 Å². The summed E-state index contributed by atoms with van der Waals surface area (Å²) in [5.41, 5.74) is 1.40. The fraction of sp³-hybridized carbons (Fsp3) is 0.161.